The van der Waals surface area contributed by atoms with Crippen molar-refractivity contribution >= 4 is 11.6 Å². The van der Waals surface area contributed by atoms with E-state index in [-0.39, 0.29) is 0 Å². The van der Waals surface area contributed by atoms with E-state index in [0.717, 1.165) is 34.4 Å². The first-order valence-corrected chi connectivity index (χ1v) is 13.2. The van der Waals surface area contributed by atoms with E-state index in [2.05, 4.69) is 24.3 Å². The van der Waals surface area contributed by atoms with Gasteiger partial charge in [-0.05, 0) is 79.4 Å². The standard InChI is InChI=1S/C31H28ClN3/c32-27-9-5-4-8-26(27)30-34-28(23-6-2-1-3-7-23)33-29(35-30)24-10-12-25(13-11-24)31-17-20-14-21(18-31)16-22(15-20)19-31/h1-13,20-22H,14-19H2. The van der Waals surface area contributed by atoms with Crippen LogP contribution in [0.2, 0.25) is 5.02 Å². The molecule has 0 atom stereocenters. The van der Waals surface area contributed by atoms with Gasteiger partial charge >= 0.3 is 0 Å². The first-order chi connectivity index (χ1) is 17.1. The fraction of sp³-hybridized carbons (Fsp3) is 0.323. The minimum atomic E-state index is 0.393. The summed E-state index contributed by atoms with van der Waals surface area (Å²) >= 11 is 6.53. The summed E-state index contributed by atoms with van der Waals surface area (Å²) in [6.07, 6.45) is 8.52. The molecule has 0 unspecified atom stereocenters. The van der Waals surface area contributed by atoms with Crippen LogP contribution in [0.1, 0.15) is 44.1 Å². The van der Waals surface area contributed by atoms with Crippen molar-refractivity contribution in [1.82, 2.24) is 15.0 Å². The molecule has 1 aromatic heterocycles. The lowest BCUT2D eigenvalue weighted by molar-refractivity contribution is -0.00518. The Morgan fingerprint density at radius 3 is 1.69 bits per heavy atom. The number of rotatable bonds is 4. The number of hydrogen-bond donors (Lipinski definition) is 0. The quantitative estimate of drug-likeness (QED) is 0.299. The van der Waals surface area contributed by atoms with E-state index in [0.29, 0.717) is 27.9 Å². The molecule has 4 fully saturated rings. The predicted octanol–water partition coefficient (Wildman–Crippen LogP) is 7.99. The van der Waals surface area contributed by atoms with Crippen molar-refractivity contribution in [2.75, 3.05) is 0 Å². The Morgan fingerprint density at radius 2 is 1.09 bits per heavy atom. The molecule has 0 saturated heterocycles. The number of halogens is 1. The van der Waals surface area contributed by atoms with Crippen molar-refractivity contribution in [2.45, 2.75) is 43.9 Å². The highest BCUT2D eigenvalue weighted by molar-refractivity contribution is 6.33. The van der Waals surface area contributed by atoms with Crippen LogP contribution in [0.3, 0.4) is 0 Å². The number of hydrogen-bond acceptors (Lipinski definition) is 3. The second-order valence-electron chi connectivity index (χ2n) is 10.9. The average Bonchev–Trinajstić information content (AvgIpc) is 2.89. The first kappa shape index (κ1) is 21.3. The van der Waals surface area contributed by atoms with Crippen molar-refractivity contribution in [2.24, 2.45) is 17.8 Å². The highest BCUT2D eigenvalue weighted by Gasteiger charge is 2.51. The molecule has 4 aliphatic rings. The van der Waals surface area contributed by atoms with E-state index >= 15 is 0 Å². The Balaban J connectivity index is 1.29. The lowest BCUT2D eigenvalue weighted by atomic mass is 9.48. The summed E-state index contributed by atoms with van der Waals surface area (Å²) in [6.45, 7) is 0. The molecule has 0 spiro atoms. The van der Waals surface area contributed by atoms with Gasteiger partial charge in [0.1, 0.15) is 0 Å². The molecule has 3 nitrogen and oxygen atoms in total. The third-order valence-corrected chi connectivity index (χ3v) is 8.91. The Bertz CT molecular complexity index is 1340. The largest absolute Gasteiger partial charge is 0.208 e. The van der Waals surface area contributed by atoms with Gasteiger partial charge in [0.05, 0.1) is 5.02 Å². The zero-order valence-corrected chi connectivity index (χ0v) is 20.5. The Labute approximate surface area is 211 Å². The molecule has 174 valence electrons. The summed E-state index contributed by atoms with van der Waals surface area (Å²) in [7, 11) is 0. The van der Waals surface area contributed by atoms with E-state index in [4.69, 9.17) is 26.6 Å². The zero-order valence-electron chi connectivity index (χ0n) is 19.7. The van der Waals surface area contributed by atoms with Crippen LogP contribution in [-0.2, 0) is 5.41 Å². The maximum Gasteiger partial charge on any atom is 0.165 e. The van der Waals surface area contributed by atoms with Gasteiger partial charge in [0.2, 0.25) is 0 Å². The van der Waals surface area contributed by atoms with Gasteiger partial charge in [-0.15, -0.1) is 0 Å². The van der Waals surface area contributed by atoms with E-state index < -0.39 is 0 Å². The maximum atomic E-state index is 6.53. The average molecular weight is 478 g/mol. The summed E-state index contributed by atoms with van der Waals surface area (Å²) < 4.78 is 0. The highest BCUT2D eigenvalue weighted by Crippen LogP contribution is 2.60. The summed E-state index contributed by atoms with van der Waals surface area (Å²) in [6, 6.07) is 27.0. The topological polar surface area (TPSA) is 38.7 Å². The smallest absolute Gasteiger partial charge is 0.165 e. The third-order valence-electron chi connectivity index (χ3n) is 8.58. The first-order valence-electron chi connectivity index (χ1n) is 12.8. The van der Waals surface area contributed by atoms with Crippen LogP contribution < -0.4 is 0 Å². The summed E-state index contributed by atoms with van der Waals surface area (Å²) in [5, 5.41) is 0.640. The Morgan fingerprint density at radius 1 is 0.571 bits per heavy atom. The molecule has 1 heterocycles. The third kappa shape index (κ3) is 3.77. The maximum absolute atomic E-state index is 6.53. The molecule has 0 radical (unpaired) electrons. The Hall–Kier alpha value is -3.04. The second kappa shape index (κ2) is 8.27. The number of benzene rings is 3. The molecule has 0 N–H and O–H groups in total. The Kier molecular flexibility index (Phi) is 5.02. The van der Waals surface area contributed by atoms with Gasteiger partial charge in [-0.3, -0.25) is 0 Å². The lowest BCUT2D eigenvalue weighted by Crippen LogP contribution is -2.48. The fourth-order valence-corrected chi connectivity index (χ4v) is 7.64. The van der Waals surface area contributed by atoms with Gasteiger partial charge in [0.15, 0.2) is 17.5 Å². The van der Waals surface area contributed by atoms with Crippen molar-refractivity contribution < 1.29 is 0 Å². The zero-order chi connectivity index (χ0) is 23.4. The molecule has 35 heavy (non-hydrogen) atoms. The van der Waals surface area contributed by atoms with Crippen molar-refractivity contribution in [3.63, 3.8) is 0 Å². The molecule has 4 aromatic rings. The molecule has 4 bridgehead atoms. The number of aromatic nitrogens is 3. The molecule has 0 aliphatic heterocycles. The minimum absolute atomic E-state index is 0.393. The molecule has 4 saturated carbocycles. The van der Waals surface area contributed by atoms with Crippen LogP contribution in [0, 0.1) is 17.8 Å². The van der Waals surface area contributed by atoms with Gasteiger partial charge in [-0.1, -0.05) is 78.3 Å². The summed E-state index contributed by atoms with van der Waals surface area (Å²) in [4.78, 5) is 14.6. The van der Waals surface area contributed by atoms with E-state index in [9.17, 15) is 0 Å². The molecule has 4 heteroatoms. The van der Waals surface area contributed by atoms with Crippen LogP contribution in [0.15, 0.2) is 78.9 Å². The molecular weight excluding hydrogens is 450 g/mol. The monoisotopic (exact) mass is 477 g/mol. The van der Waals surface area contributed by atoms with Crippen LogP contribution in [0.4, 0.5) is 0 Å². The van der Waals surface area contributed by atoms with Crippen LogP contribution >= 0.6 is 11.6 Å². The van der Waals surface area contributed by atoms with Gasteiger partial charge in [0.25, 0.3) is 0 Å². The second-order valence-corrected chi connectivity index (χ2v) is 11.3. The molecular formula is C31H28ClN3. The number of nitrogens with zero attached hydrogens (tertiary/aromatic N) is 3. The molecule has 3 aromatic carbocycles. The van der Waals surface area contributed by atoms with Gasteiger partial charge in [0, 0.05) is 16.7 Å². The van der Waals surface area contributed by atoms with Gasteiger partial charge in [-0.2, -0.15) is 0 Å². The van der Waals surface area contributed by atoms with Gasteiger partial charge in [-0.25, -0.2) is 15.0 Å². The molecule has 8 rings (SSSR count). The lowest BCUT2D eigenvalue weighted by Gasteiger charge is -2.57. The van der Waals surface area contributed by atoms with Crippen LogP contribution in [0.5, 0.6) is 0 Å². The van der Waals surface area contributed by atoms with Crippen LogP contribution in [-0.4, -0.2) is 15.0 Å². The van der Waals surface area contributed by atoms with Crippen LogP contribution in [0.25, 0.3) is 34.2 Å². The molecule has 4 aliphatic carbocycles. The predicted molar refractivity (Wildman–Crippen MR) is 141 cm³/mol. The van der Waals surface area contributed by atoms with Gasteiger partial charge < -0.3 is 0 Å². The van der Waals surface area contributed by atoms with Crippen molar-refractivity contribution in [3.8, 4) is 34.2 Å². The molecule has 0 amide bonds. The van der Waals surface area contributed by atoms with Crippen molar-refractivity contribution in [1.29, 1.82) is 0 Å². The highest BCUT2D eigenvalue weighted by atomic mass is 35.5. The van der Waals surface area contributed by atoms with E-state index in [1.807, 2.05) is 54.6 Å². The van der Waals surface area contributed by atoms with E-state index in [1.54, 1.807) is 0 Å². The normalized spacial score (nSPS) is 26.7. The SMILES string of the molecule is Clc1ccccc1-c1nc(-c2ccccc2)nc(-c2ccc(C34CC5CC(CC(C5)C3)C4)cc2)n1. The summed E-state index contributed by atoms with van der Waals surface area (Å²) in [5.74, 6) is 4.77. The van der Waals surface area contributed by atoms with E-state index in [1.165, 1.54) is 44.1 Å². The fourth-order valence-electron chi connectivity index (χ4n) is 7.42. The van der Waals surface area contributed by atoms with Crippen molar-refractivity contribution in [3.05, 3.63) is 89.4 Å². The minimum Gasteiger partial charge on any atom is -0.208 e. The summed E-state index contributed by atoms with van der Waals surface area (Å²) in [5.41, 5.74) is 4.72.